The fraction of sp³-hybridized carbons (Fsp3) is 0.269. The monoisotopic (exact) mass is 401 g/mol. The molecule has 30 heavy (non-hydrogen) atoms. The van der Waals surface area contributed by atoms with Gasteiger partial charge in [-0.1, -0.05) is 55.5 Å². The minimum absolute atomic E-state index is 0.103. The van der Waals surface area contributed by atoms with E-state index in [2.05, 4.69) is 13.0 Å². The van der Waals surface area contributed by atoms with Gasteiger partial charge in [0.1, 0.15) is 5.75 Å². The lowest BCUT2D eigenvalue weighted by Gasteiger charge is -2.35. The number of rotatable bonds is 5. The molecule has 1 aliphatic rings. The van der Waals surface area contributed by atoms with Crippen molar-refractivity contribution in [2.24, 2.45) is 5.41 Å². The Bertz CT molecular complexity index is 964. The highest BCUT2D eigenvalue weighted by Gasteiger charge is 2.33. The van der Waals surface area contributed by atoms with Gasteiger partial charge in [0.05, 0.1) is 25.1 Å². The van der Waals surface area contributed by atoms with Crippen molar-refractivity contribution < 1.29 is 14.3 Å². The molecule has 1 atom stereocenters. The van der Waals surface area contributed by atoms with Crippen molar-refractivity contribution >= 4 is 17.5 Å². The van der Waals surface area contributed by atoms with E-state index in [1.54, 1.807) is 12.0 Å². The number of ether oxygens (including phenoxy) is 2. The summed E-state index contributed by atoms with van der Waals surface area (Å²) < 4.78 is 11.4. The number of hydrogen-bond donors (Lipinski definition) is 0. The molecule has 0 aromatic heterocycles. The fourth-order valence-electron chi connectivity index (χ4n) is 4.16. The van der Waals surface area contributed by atoms with Gasteiger partial charge < -0.3 is 9.47 Å². The van der Waals surface area contributed by atoms with E-state index in [4.69, 9.17) is 9.47 Å². The third kappa shape index (κ3) is 4.18. The van der Waals surface area contributed by atoms with Gasteiger partial charge in [-0.25, -0.2) is 9.69 Å². The number of methoxy groups -OCH3 is 1. The van der Waals surface area contributed by atoms with Crippen LogP contribution in [0.4, 0.5) is 16.2 Å². The van der Waals surface area contributed by atoms with Crippen molar-refractivity contribution in [2.45, 2.75) is 26.2 Å². The zero-order valence-corrected chi connectivity index (χ0v) is 17.5. The average molecular weight is 402 g/mol. The predicted molar refractivity (Wildman–Crippen MR) is 119 cm³/mol. The first-order chi connectivity index (χ1) is 14.6. The lowest BCUT2D eigenvalue weighted by Crippen LogP contribution is -2.35. The van der Waals surface area contributed by atoms with Crippen molar-refractivity contribution in [2.75, 3.05) is 18.6 Å². The molecule has 0 bridgehead atoms. The van der Waals surface area contributed by atoms with Gasteiger partial charge in [0.2, 0.25) is 0 Å². The van der Waals surface area contributed by atoms with Gasteiger partial charge in [0.25, 0.3) is 0 Å². The molecule has 0 spiro atoms. The number of para-hydroxylation sites is 2. The fourth-order valence-corrected chi connectivity index (χ4v) is 4.16. The van der Waals surface area contributed by atoms with Gasteiger partial charge in [-0.3, -0.25) is 0 Å². The van der Waals surface area contributed by atoms with E-state index in [0.717, 1.165) is 36.4 Å². The molecule has 0 radical (unpaired) electrons. The van der Waals surface area contributed by atoms with Gasteiger partial charge in [-0.15, -0.1) is 0 Å². The van der Waals surface area contributed by atoms with E-state index in [9.17, 15) is 4.79 Å². The normalized spacial score (nSPS) is 17.7. The zero-order chi connectivity index (χ0) is 21.0. The van der Waals surface area contributed by atoms with Gasteiger partial charge in [0.15, 0.2) is 0 Å². The Hall–Kier alpha value is -3.27. The summed E-state index contributed by atoms with van der Waals surface area (Å²) in [6.07, 6.45) is 2.38. The third-order valence-corrected chi connectivity index (χ3v) is 5.80. The van der Waals surface area contributed by atoms with Gasteiger partial charge in [-0.05, 0) is 60.7 Å². The van der Waals surface area contributed by atoms with Crippen molar-refractivity contribution in [3.63, 3.8) is 0 Å². The van der Waals surface area contributed by atoms with Crippen LogP contribution in [0.5, 0.6) is 5.75 Å². The van der Waals surface area contributed by atoms with Crippen LogP contribution < -0.4 is 9.64 Å². The van der Waals surface area contributed by atoms with Crippen LogP contribution in [0.15, 0.2) is 78.9 Å². The summed E-state index contributed by atoms with van der Waals surface area (Å²) in [6, 6.07) is 25.4. The summed E-state index contributed by atoms with van der Waals surface area (Å²) in [4.78, 5) is 14.8. The zero-order valence-electron chi connectivity index (χ0n) is 17.5. The number of carbonyl (C=O) groups excluding carboxylic acids is 1. The second-order valence-corrected chi connectivity index (χ2v) is 8.15. The minimum atomic E-state index is -0.356. The summed E-state index contributed by atoms with van der Waals surface area (Å²) >= 11 is 0. The molecule has 1 amide bonds. The standard InChI is InChI=1S/C26H27NO3/c1-26(17-16-23-20(18-26)10-9-15-24(23)29-2)19-30-25(28)27(21-11-5-3-6-12-21)22-13-7-4-8-14-22/h3-15H,16-19H2,1-2H3. The molecule has 0 saturated carbocycles. The van der Waals surface area contributed by atoms with Crippen LogP contribution in [0.25, 0.3) is 0 Å². The molecule has 4 rings (SSSR count). The van der Waals surface area contributed by atoms with E-state index in [0.29, 0.717) is 6.61 Å². The van der Waals surface area contributed by atoms with E-state index in [-0.39, 0.29) is 11.5 Å². The minimum Gasteiger partial charge on any atom is -0.496 e. The number of benzene rings is 3. The summed E-state index contributed by atoms with van der Waals surface area (Å²) in [7, 11) is 1.72. The molecule has 3 aromatic carbocycles. The van der Waals surface area contributed by atoms with E-state index < -0.39 is 0 Å². The van der Waals surface area contributed by atoms with Crippen LogP contribution in [-0.2, 0) is 17.6 Å². The first-order valence-corrected chi connectivity index (χ1v) is 10.3. The molecule has 0 N–H and O–H groups in total. The van der Waals surface area contributed by atoms with Crippen molar-refractivity contribution in [1.82, 2.24) is 0 Å². The van der Waals surface area contributed by atoms with Crippen LogP contribution in [0.1, 0.15) is 24.5 Å². The van der Waals surface area contributed by atoms with Gasteiger partial charge in [0, 0.05) is 5.41 Å². The lowest BCUT2D eigenvalue weighted by atomic mass is 9.73. The Morgan fingerprint density at radius 2 is 1.57 bits per heavy atom. The molecule has 1 aliphatic carbocycles. The number of fused-ring (bicyclic) bond motifs is 1. The topological polar surface area (TPSA) is 38.8 Å². The second-order valence-electron chi connectivity index (χ2n) is 8.15. The van der Waals surface area contributed by atoms with Crippen LogP contribution >= 0.6 is 0 Å². The number of hydrogen-bond acceptors (Lipinski definition) is 3. The van der Waals surface area contributed by atoms with Crippen LogP contribution in [0.3, 0.4) is 0 Å². The molecule has 1 unspecified atom stereocenters. The van der Waals surface area contributed by atoms with E-state index in [1.165, 1.54) is 11.1 Å². The Morgan fingerprint density at radius 3 is 2.17 bits per heavy atom. The summed E-state index contributed by atoms with van der Waals surface area (Å²) in [5, 5.41) is 0. The molecule has 3 aromatic rings. The SMILES string of the molecule is COc1cccc2c1CCC(C)(COC(=O)N(c1ccccc1)c1ccccc1)C2. The highest BCUT2D eigenvalue weighted by Crippen LogP contribution is 2.39. The predicted octanol–water partition coefficient (Wildman–Crippen LogP) is 6.17. The molecule has 0 aliphatic heterocycles. The second kappa shape index (κ2) is 8.62. The van der Waals surface area contributed by atoms with Gasteiger partial charge >= 0.3 is 6.09 Å². The Morgan fingerprint density at radius 1 is 0.933 bits per heavy atom. The number of carbonyl (C=O) groups is 1. The van der Waals surface area contributed by atoms with Crippen LogP contribution in [0, 0.1) is 5.41 Å². The molecule has 154 valence electrons. The quantitative estimate of drug-likeness (QED) is 0.513. The Kier molecular flexibility index (Phi) is 5.75. The Labute approximate surface area is 178 Å². The molecule has 0 saturated heterocycles. The molecular formula is C26H27NO3. The number of anilines is 2. The van der Waals surface area contributed by atoms with E-state index in [1.807, 2.05) is 72.8 Å². The Balaban J connectivity index is 1.51. The summed E-state index contributed by atoms with van der Waals surface area (Å²) in [5.41, 5.74) is 4.03. The van der Waals surface area contributed by atoms with Crippen LogP contribution in [0.2, 0.25) is 0 Å². The molecule has 0 heterocycles. The molecule has 4 heteroatoms. The smallest absolute Gasteiger partial charge is 0.418 e. The first-order valence-electron chi connectivity index (χ1n) is 10.3. The van der Waals surface area contributed by atoms with Gasteiger partial charge in [-0.2, -0.15) is 0 Å². The van der Waals surface area contributed by atoms with Crippen molar-refractivity contribution in [3.8, 4) is 5.75 Å². The number of amides is 1. The van der Waals surface area contributed by atoms with Crippen molar-refractivity contribution in [1.29, 1.82) is 0 Å². The summed E-state index contributed by atoms with van der Waals surface area (Å²) in [5.74, 6) is 0.950. The van der Waals surface area contributed by atoms with E-state index >= 15 is 0 Å². The lowest BCUT2D eigenvalue weighted by molar-refractivity contribution is 0.0884. The highest BCUT2D eigenvalue weighted by atomic mass is 16.6. The molecule has 0 fully saturated rings. The largest absolute Gasteiger partial charge is 0.496 e. The maximum Gasteiger partial charge on any atom is 0.418 e. The molecule has 4 nitrogen and oxygen atoms in total. The summed E-state index contributed by atoms with van der Waals surface area (Å²) in [6.45, 7) is 2.57. The van der Waals surface area contributed by atoms with Crippen LogP contribution in [-0.4, -0.2) is 19.8 Å². The average Bonchev–Trinajstić information content (AvgIpc) is 2.79. The third-order valence-electron chi connectivity index (χ3n) is 5.80. The maximum atomic E-state index is 13.2. The van der Waals surface area contributed by atoms with Crippen molar-refractivity contribution in [3.05, 3.63) is 90.0 Å². The maximum absolute atomic E-state index is 13.2. The molecular weight excluding hydrogens is 374 g/mol. The first kappa shape index (κ1) is 20.0. The number of nitrogens with zero attached hydrogens (tertiary/aromatic N) is 1. The highest BCUT2D eigenvalue weighted by molar-refractivity contribution is 5.95.